The lowest BCUT2D eigenvalue weighted by Gasteiger charge is -2.15. The first kappa shape index (κ1) is 12.8. The van der Waals surface area contributed by atoms with Crippen molar-refractivity contribution in [1.29, 1.82) is 0 Å². The second-order valence-corrected chi connectivity index (χ2v) is 3.94. The Bertz CT molecular complexity index is 346. The largest absolute Gasteiger partial charge is 0.489 e. The Hall–Kier alpha value is -1.28. The molecule has 0 saturated carbocycles. The average molecular weight is 219 g/mol. The molecule has 0 fully saturated rings. The van der Waals surface area contributed by atoms with E-state index in [1.807, 2.05) is 24.3 Å². The topological polar surface area (TPSA) is 35.2 Å². The van der Waals surface area contributed by atoms with Gasteiger partial charge < -0.3 is 10.5 Å². The Kier molecular flexibility index (Phi) is 5.06. The molecule has 0 aliphatic carbocycles. The fourth-order valence-electron chi connectivity index (χ4n) is 1.42. The van der Waals surface area contributed by atoms with Gasteiger partial charge in [0.25, 0.3) is 0 Å². The zero-order chi connectivity index (χ0) is 12.0. The van der Waals surface area contributed by atoms with E-state index < -0.39 is 0 Å². The van der Waals surface area contributed by atoms with Gasteiger partial charge in [-0.2, -0.15) is 0 Å². The van der Waals surface area contributed by atoms with Gasteiger partial charge in [-0.25, -0.2) is 0 Å². The van der Waals surface area contributed by atoms with Crippen LogP contribution in [-0.2, 0) is 0 Å². The number of benzene rings is 1. The number of ether oxygens (including phenoxy) is 1. The summed E-state index contributed by atoms with van der Waals surface area (Å²) in [6.45, 7) is 8.65. The van der Waals surface area contributed by atoms with E-state index in [2.05, 4.69) is 20.4 Å². The number of rotatable bonds is 6. The first-order valence-corrected chi connectivity index (χ1v) is 5.83. The van der Waals surface area contributed by atoms with Crippen LogP contribution in [0.1, 0.15) is 38.3 Å². The van der Waals surface area contributed by atoms with Crippen LogP contribution in [0.5, 0.6) is 5.75 Å². The summed E-state index contributed by atoms with van der Waals surface area (Å²) in [5.41, 5.74) is 8.21. The van der Waals surface area contributed by atoms with Crippen LogP contribution in [0.2, 0.25) is 0 Å². The van der Waals surface area contributed by atoms with Crippen molar-refractivity contribution in [2.24, 2.45) is 5.73 Å². The van der Waals surface area contributed by atoms with Crippen molar-refractivity contribution in [2.75, 3.05) is 6.61 Å². The van der Waals surface area contributed by atoms with Gasteiger partial charge in [0.1, 0.15) is 12.4 Å². The molecule has 88 valence electrons. The molecule has 1 rings (SSSR count). The summed E-state index contributed by atoms with van der Waals surface area (Å²) in [7, 11) is 0. The number of hydrogen-bond donors (Lipinski definition) is 1. The minimum absolute atomic E-state index is 0.0473. The highest BCUT2D eigenvalue weighted by Crippen LogP contribution is 2.25. The summed E-state index contributed by atoms with van der Waals surface area (Å²) >= 11 is 0. The summed E-state index contributed by atoms with van der Waals surface area (Å²) < 4.78 is 5.73. The normalized spacial score (nSPS) is 12.2. The molecule has 2 nitrogen and oxygen atoms in total. The SMILES string of the molecule is C=C(CC)COc1ccccc1[C@@H](N)CC. The van der Waals surface area contributed by atoms with Crippen molar-refractivity contribution in [3.8, 4) is 5.75 Å². The van der Waals surface area contributed by atoms with Gasteiger partial charge >= 0.3 is 0 Å². The van der Waals surface area contributed by atoms with E-state index in [9.17, 15) is 0 Å². The highest BCUT2D eigenvalue weighted by molar-refractivity contribution is 5.35. The average Bonchev–Trinajstić information content (AvgIpc) is 2.35. The van der Waals surface area contributed by atoms with Gasteiger partial charge in [0.05, 0.1) is 0 Å². The van der Waals surface area contributed by atoms with Crippen LogP contribution in [0.3, 0.4) is 0 Å². The highest BCUT2D eigenvalue weighted by atomic mass is 16.5. The summed E-state index contributed by atoms with van der Waals surface area (Å²) in [4.78, 5) is 0. The number of nitrogens with two attached hydrogens (primary N) is 1. The summed E-state index contributed by atoms with van der Waals surface area (Å²) in [6, 6.07) is 8.00. The van der Waals surface area contributed by atoms with E-state index in [0.717, 1.165) is 29.7 Å². The maximum atomic E-state index is 6.03. The van der Waals surface area contributed by atoms with Crippen LogP contribution in [0.4, 0.5) is 0 Å². The monoisotopic (exact) mass is 219 g/mol. The molecule has 0 amide bonds. The number of para-hydroxylation sites is 1. The third-order valence-corrected chi connectivity index (χ3v) is 2.69. The second-order valence-electron chi connectivity index (χ2n) is 3.94. The maximum Gasteiger partial charge on any atom is 0.124 e. The zero-order valence-corrected chi connectivity index (χ0v) is 10.2. The van der Waals surface area contributed by atoms with Crippen molar-refractivity contribution < 1.29 is 4.74 Å². The quantitative estimate of drug-likeness (QED) is 0.744. The molecule has 0 aliphatic rings. The van der Waals surface area contributed by atoms with E-state index in [4.69, 9.17) is 10.5 Å². The van der Waals surface area contributed by atoms with E-state index in [0.29, 0.717) is 6.61 Å². The summed E-state index contributed by atoms with van der Waals surface area (Å²) in [5, 5.41) is 0. The lowest BCUT2D eigenvalue weighted by Crippen LogP contribution is -2.11. The van der Waals surface area contributed by atoms with Crippen LogP contribution in [0, 0.1) is 0 Å². The van der Waals surface area contributed by atoms with Gasteiger partial charge in [0.2, 0.25) is 0 Å². The molecule has 1 aromatic carbocycles. The Morgan fingerprint density at radius 3 is 2.69 bits per heavy atom. The molecule has 0 aromatic heterocycles. The molecule has 0 radical (unpaired) electrons. The van der Waals surface area contributed by atoms with Crippen molar-refractivity contribution in [2.45, 2.75) is 32.7 Å². The van der Waals surface area contributed by atoms with Crippen molar-refractivity contribution in [3.05, 3.63) is 42.0 Å². The first-order chi connectivity index (χ1) is 7.69. The minimum atomic E-state index is 0.0473. The minimum Gasteiger partial charge on any atom is -0.489 e. The van der Waals surface area contributed by atoms with Gasteiger partial charge in [0.15, 0.2) is 0 Å². The predicted octanol–water partition coefficient (Wildman–Crippen LogP) is 3.44. The molecule has 0 aliphatic heterocycles. The molecule has 1 aromatic rings. The molecule has 2 N–H and O–H groups in total. The van der Waals surface area contributed by atoms with E-state index in [1.54, 1.807) is 0 Å². The molecule has 16 heavy (non-hydrogen) atoms. The van der Waals surface area contributed by atoms with Crippen LogP contribution in [0.25, 0.3) is 0 Å². The Morgan fingerprint density at radius 2 is 2.06 bits per heavy atom. The van der Waals surface area contributed by atoms with Crippen LogP contribution >= 0.6 is 0 Å². The predicted molar refractivity (Wildman–Crippen MR) is 68.6 cm³/mol. The smallest absolute Gasteiger partial charge is 0.124 e. The van der Waals surface area contributed by atoms with Crippen molar-refractivity contribution >= 4 is 0 Å². The van der Waals surface area contributed by atoms with Gasteiger partial charge in [-0.15, -0.1) is 0 Å². The lowest BCUT2D eigenvalue weighted by molar-refractivity contribution is 0.342. The standard InChI is InChI=1S/C14H21NO/c1-4-11(3)10-16-14-9-7-6-8-12(14)13(15)5-2/h6-9,13H,3-5,10,15H2,1-2H3/t13-/m0/s1. The second kappa shape index (κ2) is 6.33. The third kappa shape index (κ3) is 3.38. The molecule has 0 spiro atoms. The van der Waals surface area contributed by atoms with E-state index in [1.165, 1.54) is 0 Å². The van der Waals surface area contributed by atoms with Crippen LogP contribution < -0.4 is 10.5 Å². The molecule has 2 heteroatoms. The Balaban J connectivity index is 2.75. The maximum absolute atomic E-state index is 6.03. The highest BCUT2D eigenvalue weighted by Gasteiger charge is 2.09. The molecule has 0 saturated heterocycles. The first-order valence-electron chi connectivity index (χ1n) is 5.83. The van der Waals surface area contributed by atoms with Gasteiger partial charge in [-0.05, 0) is 24.5 Å². The molecule has 0 unspecified atom stereocenters. The van der Waals surface area contributed by atoms with E-state index in [-0.39, 0.29) is 6.04 Å². The summed E-state index contributed by atoms with van der Waals surface area (Å²) in [6.07, 6.45) is 1.86. The van der Waals surface area contributed by atoms with Gasteiger partial charge in [0, 0.05) is 11.6 Å². The molecular formula is C14H21NO. The lowest BCUT2D eigenvalue weighted by atomic mass is 10.0. The zero-order valence-electron chi connectivity index (χ0n) is 10.2. The molecular weight excluding hydrogens is 198 g/mol. The van der Waals surface area contributed by atoms with Crippen molar-refractivity contribution in [3.63, 3.8) is 0 Å². The molecule has 0 heterocycles. The number of hydrogen-bond acceptors (Lipinski definition) is 2. The summed E-state index contributed by atoms with van der Waals surface area (Å²) in [5.74, 6) is 0.881. The third-order valence-electron chi connectivity index (χ3n) is 2.69. The Morgan fingerprint density at radius 1 is 1.38 bits per heavy atom. The van der Waals surface area contributed by atoms with Gasteiger partial charge in [-0.1, -0.05) is 38.6 Å². The molecule has 1 atom stereocenters. The fourth-order valence-corrected chi connectivity index (χ4v) is 1.42. The fraction of sp³-hybridized carbons (Fsp3) is 0.429. The van der Waals surface area contributed by atoms with Crippen LogP contribution in [0.15, 0.2) is 36.4 Å². The van der Waals surface area contributed by atoms with E-state index >= 15 is 0 Å². The molecule has 0 bridgehead atoms. The van der Waals surface area contributed by atoms with Gasteiger partial charge in [-0.3, -0.25) is 0 Å². The Labute approximate surface area is 98.1 Å². The van der Waals surface area contributed by atoms with Crippen molar-refractivity contribution in [1.82, 2.24) is 0 Å². The van der Waals surface area contributed by atoms with Crippen LogP contribution in [-0.4, -0.2) is 6.61 Å².